The van der Waals surface area contributed by atoms with Gasteiger partial charge < -0.3 is 5.32 Å². The van der Waals surface area contributed by atoms with E-state index in [4.69, 9.17) is 0 Å². The lowest BCUT2D eigenvalue weighted by atomic mass is 10.1. The highest BCUT2D eigenvalue weighted by Crippen LogP contribution is 2.18. The standard InChI is InChI=1S/C9H12IN3O2S/c10-8-4-12-9(13-5-8)11-3-7-1-2-16(14,15)6-7/h4-5,7H,1-3,6H2,(H,11,12,13). The summed E-state index contributed by atoms with van der Waals surface area (Å²) in [6.07, 6.45) is 4.18. The van der Waals surface area contributed by atoms with Crippen molar-refractivity contribution in [2.45, 2.75) is 6.42 Å². The van der Waals surface area contributed by atoms with Crippen LogP contribution in [0.1, 0.15) is 6.42 Å². The second kappa shape index (κ2) is 4.82. The predicted molar refractivity (Wildman–Crippen MR) is 70.0 cm³/mol. The summed E-state index contributed by atoms with van der Waals surface area (Å²) in [4.78, 5) is 8.19. The van der Waals surface area contributed by atoms with Gasteiger partial charge in [-0.2, -0.15) is 0 Å². The van der Waals surface area contributed by atoms with Gasteiger partial charge in [0.15, 0.2) is 9.84 Å². The Hall–Kier alpha value is -0.440. The molecule has 1 atom stereocenters. The molecule has 1 N–H and O–H groups in total. The van der Waals surface area contributed by atoms with Crippen LogP contribution in [0.4, 0.5) is 5.95 Å². The molecular weight excluding hydrogens is 341 g/mol. The fourth-order valence-electron chi connectivity index (χ4n) is 1.67. The molecule has 0 spiro atoms. The molecule has 1 fully saturated rings. The van der Waals surface area contributed by atoms with Crippen LogP contribution >= 0.6 is 22.6 Å². The molecule has 0 aliphatic carbocycles. The summed E-state index contributed by atoms with van der Waals surface area (Å²) in [6.45, 7) is 0.625. The van der Waals surface area contributed by atoms with E-state index in [-0.39, 0.29) is 11.7 Å². The smallest absolute Gasteiger partial charge is 0.222 e. The molecule has 2 rings (SSSR count). The highest BCUT2D eigenvalue weighted by atomic mass is 127. The van der Waals surface area contributed by atoms with Gasteiger partial charge in [0.1, 0.15) is 0 Å². The van der Waals surface area contributed by atoms with Gasteiger partial charge in [0.25, 0.3) is 0 Å². The Morgan fingerprint density at radius 1 is 1.44 bits per heavy atom. The average molecular weight is 353 g/mol. The highest BCUT2D eigenvalue weighted by Gasteiger charge is 2.27. The molecule has 0 radical (unpaired) electrons. The Kier molecular flexibility index (Phi) is 3.63. The van der Waals surface area contributed by atoms with E-state index in [1.54, 1.807) is 12.4 Å². The minimum Gasteiger partial charge on any atom is -0.354 e. The van der Waals surface area contributed by atoms with E-state index >= 15 is 0 Å². The number of halogens is 1. The predicted octanol–water partition coefficient (Wildman–Crippen LogP) is 0.928. The number of nitrogens with zero attached hydrogens (tertiary/aromatic N) is 2. The van der Waals surface area contributed by atoms with Crippen LogP contribution in [0.3, 0.4) is 0 Å². The molecule has 1 aliphatic rings. The summed E-state index contributed by atoms with van der Waals surface area (Å²) in [6, 6.07) is 0. The number of aromatic nitrogens is 2. The number of nitrogens with one attached hydrogen (secondary N) is 1. The monoisotopic (exact) mass is 353 g/mol. The fraction of sp³-hybridized carbons (Fsp3) is 0.556. The number of anilines is 1. The molecule has 0 amide bonds. The maximum absolute atomic E-state index is 11.2. The van der Waals surface area contributed by atoms with Gasteiger partial charge in [-0.15, -0.1) is 0 Å². The van der Waals surface area contributed by atoms with Crippen molar-refractivity contribution in [1.82, 2.24) is 9.97 Å². The maximum atomic E-state index is 11.2. The van der Waals surface area contributed by atoms with Crippen molar-refractivity contribution < 1.29 is 8.42 Å². The largest absolute Gasteiger partial charge is 0.354 e. The summed E-state index contributed by atoms with van der Waals surface area (Å²) in [5.41, 5.74) is 0. The minimum absolute atomic E-state index is 0.188. The van der Waals surface area contributed by atoms with Gasteiger partial charge >= 0.3 is 0 Å². The van der Waals surface area contributed by atoms with Crippen molar-refractivity contribution >= 4 is 38.4 Å². The quantitative estimate of drug-likeness (QED) is 0.819. The molecule has 16 heavy (non-hydrogen) atoms. The zero-order chi connectivity index (χ0) is 11.6. The topological polar surface area (TPSA) is 72.0 Å². The van der Waals surface area contributed by atoms with Gasteiger partial charge in [0, 0.05) is 22.5 Å². The molecule has 0 aromatic carbocycles. The third-order valence-electron chi connectivity index (χ3n) is 2.50. The van der Waals surface area contributed by atoms with Crippen molar-refractivity contribution in [3.63, 3.8) is 0 Å². The fourth-order valence-corrected chi connectivity index (χ4v) is 3.81. The Morgan fingerprint density at radius 3 is 2.69 bits per heavy atom. The highest BCUT2D eigenvalue weighted by molar-refractivity contribution is 14.1. The summed E-state index contributed by atoms with van der Waals surface area (Å²) < 4.78 is 23.5. The van der Waals surface area contributed by atoms with Crippen molar-refractivity contribution in [3.05, 3.63) is 16.0 Å². The lowest BCUT2D eigenvalue weighted by molar-refractivity contribution is 0.595. The van der Waals surface area contributed by atoms with Gasteiger partial charge in [0.2, 0.25) is 5.95 Å². The number of hydrogen-bond acceptors (Lipinski definition) is 5. The van der Waals surface area contributed by atoms with Crippen LogP contribution in [0.5, 0.6) is 0 Å². The molecule has 88 valence electrons. The van der Waals surface area contributed by atoms with E-state index in [1.165, 1.54) is 0 Å². The number of hydrogen-bond donors (Lipinski definition) is 1. The van der Waals surface area contributed by atoms with Gasteiger partial charge in [-0.25, -0.2) is 18.4 Å². The Bertz CT molecular complexity index is 460. The van der Waals surface area contributed by atoms with Crippen LogP contribution in [0, 0.1) is 9.49 Å². The van der Waals surface area contributed by atoms with Crippen LogP contribution in [-0.2, 0) is 9.84 Å². The maximum Gasteiger partial charge on any atom is 0.222 e. The molecule has 5 nitrogen and oxygen atoms in total. The van der Waals surface area contributed by atoms with Crippen LogP contribution in [-0.4, -0.2) is 36.4 Å². The molecule has 1 saturated heterocycles. The minimum atomic E-state index is -2.79. The van der Waals surface area contributed by atoms with Crippen molar-refractivity contribution in [3.8, 4) is 0 Å². The third-order valence-corrected chi connectivity index (χ3v) is 4.89. The Balaban J connectivity index is 1.87. The van der Waals surface area contributed by atoms with Gasteiger partial charge in [-0.3, -0.25) is 0 Å². The molecule has 1 aromatic rings. The SMILES string of the molecule is O=S1(=O)CCC(CNc2ncc(I)cn2)C1. The molecule has 1 aliphatic heterocycles. The van der Waals surface area contributed by atoms with Crippen molar-refractivity contribution in [2.75, 3.05) is 23.4 Å². The van der Waals surface area contributed by atoms with Gasteiger partial charge in [-0.05, 0) is 34.9 Å². The van der Waals surface area contributed by atoms with Gasteiger partial charge in [-0.1, -0.05) is 0 Å². The van der Waals surface area contributed by atoms with E-state index in [2.05, 4.69) is 37.9 Å². The van der Waals surface area contributed by atoms with E-state index in [1.807, 2.05) is 0 Å². The van der Waals surface area contributed by atoms with Crippen LogP contribution in [0.25, 0.3) is 0 Å². The molecule has 0 saturated carbocycles. The third kappa shape index (κ3) is 3.27. The number of sulfone groups is 1. The van der Waals surface area contributed by atoms with E-state index in [0.29, 0.717) is 18.2 Å². The zero-order valence-corrected chi connectivity index (χ0v) is 11.5. The first-order valence-corrected chi connectivity index (χ1v) is 7.87. The van der Waals surface area contributed by atoms with Crippen LogP contribution in [0.2, 0.25) is 0 Å². The van der Waals surface area contributed by atoms with Crippen LogP contribution in [0.15, 0.2) is 12.4 Å². The molecule has 0 bridgehead atoms. The van der Waals surface area contributed by atoms with E-state index in [9.17, 15) is 8.42 Å². The molecular formula is C9H12IN3O2S. The average Bonchev–Trinajstić information content (AvgIpc) is 2.58. The van der Waals surface area contributed by atoms with Crippen molar-refractivity contribution in [2.24, 2.45) is 5.92 Å². The van der Waals surface area contributed by atoms with Gasteiger partial charge in [0.05, 0.1) is 11.5 Å². The first-order chi connectivity index (χ1) is 7.55. The Morgan fingerprint density at radius 2 is 2.12 bits per heavy atom. The van der Waals surface area contributed by atoms with E-state index in [0.717, 1.165) is 9.99 Å². The summed E-state index contributed by atoms with van der Waals surface area (Å²) in [5.74, 6) is 1.34. The molecule has 2 heterocycles. The number of rotatable bonds is 3. The lowest BCUT2D eigenvalue weighted by Gasteiger charge is -2.08. The summed E-state index contributed by atoms with van der Waals surface area (Å²) in [5, 5.41) is 3.06. The summed E-state index contributed by atoms with van der Waals surface area (Å²) in [7, 11) is -2.79. The molecule has 1 unspecified atom stereocenters. The summed E-state index contributed by atoms with van der Waals surface area (Å²) >= 11 is 2.14. The molecule has 1 aromatic heterocycles. The second-order valence-corrected chi connectivity index (χ2v) is 7.35. The Labute approximate surface area is 108 Å². The normalized spacial score (nSPS) is 23.2. The first kappa shape index (κ1) is 12.0. The second-order valence-electron chi connectivity index (χ2n) is 3.87. The lowest BCUT2D eigenvalue weighted by Crippen LogP contribution is -2.16. The van der Waals surface area contributed by atoms with Crippen LogP contribution < -0.4 is 5.32 Å². The zero-order valence-electron chi connectivity index (χ0n) is 8.56. The van der Waals surface area contributed by atoms with E-state index < -0.39 is 9.84 Å². The molecule has 7 heteroatoms. The van der Waals surface area contributed by atoms with Crippen molar-refractivity contribution in [1.29, 1.82) is 0 Å². The first-order valence-electron chi connectivity index (χ1n) is 4.97.